The standard InChI is InChI=1S/C11H15FN2O/c1-3-8(2)6-14-11(15)9-4-5-10(12)13-7-9/h4-5,7-8H,3,6H2,1-2H3,(H,14,15). The lowest BCUT2D eigenvalue weighted by atomic mass is 10.1. The summed E-state index contributed by atoms with van der Waals surface area (Å²) >= 11 is 0. The van der Waals surface area contributed by atoms with Crippen molar-refractivity contribution in [2.24, 2.45) is 5.92 Å². The van der Waals surface area contributed by atoms with E-state index < -0.39 is 5.95 Å². The van der Waals surface area contributed by atoms with Crippen LogP contribution in [0.4, 0.5) is 4.39 Å². The van der Waals surface area contributed by atoms with Crippen molar-refractivity contribution < 1.29 is 9.18 Å². The highest BCUT2D eigenvalue weighted by Gasteiger charge is 2.07. The Morgan fingerprint density at radius 2 is 2.33 bits per heavy atom. The number of rotatable bonds is 4. The highest BCUT2D eigenvalue weighted by atomic mass is 19.1. The van der Waals surface area contributed by atoms with E-state index in [4.69, 9.17) is 0 Å². The molecule has 82 valence electrons. The van der Waals surface area contributed by atoms with E-state index in [-0.39, 0.29) is 5.91 Å². The van der Waals surface area contributed by atoms with Gasteiger partial charge < -0.3 is 5.32 Å². The van der Waals surface area contributed by atoms with Crippen molar-refractivity contribution in [1.82, 2.24) is 10.3 Å². The van der Waals surface area contributed by atoms with Crippen LogP contribution in [0.5, 0.6) is 0 Å². The minimum atomic E-state index is -0.575. The lowest BCUT2D eigenvalue weighted by molar-refractivity contribution is 0.0947. The SMILES string of the molecule is CCC(C)CNC(=O)c1ccc(F)nc1. The summed E-state index contributed by atoms with van der Waals surface area (Å²) in [6.45, 7) is 4.76. The zero-order valence-electron chi connectivity index (χ0n) is 8.96. The van der Waals surface area contributed by atoms with Crippen LogP contribution >= 0.6 is 0 Å². The first-order valence-corrected chi connectivity index (χ1v) is 5.03. The molecule has 0 aliphatic carbocycles. The summed E-state index contributed by atoms with van der Waals surface area (Å²) in [6, 6.07) is 2.60. The Kier molecular flexibility index (Phi) is 4.21. The normalized spacial score (nSPS) is 12.2. The average Bonchev–Trinajstić information content (AvgIpc) is 2.26. The van der Waals surface area contributed by atoms with Gasteiger partial charge in [-0.1, -0.05) is 20.3 Å². The molecule has 4 heteroatoms. The lowest BCUT2D eigenvalue weighted by Crippen LogP contribution is -2.28. The van der Waals surface area contributed by atoms with E-state index in [1.165, 1.54) is 18.3 Å². The maximum Gasteiger partial charge on any atom is 0.252 e. The monoisotopic (exact) mass is 210 g/mol. The van der Waals surface area contributed by atoms with Gasteiger partial charge in [0, 0.05) is 12.7 Å². The summed E-state index contributed by atoms with van der Waals surface area (Å²) in [5, 5.41) is 2.77. The zero-order chi connectivity index (χ0) is 11.3. The van der Waals surface area contributed by atoms with Crippen LogP contribution in [0.3, 0.4) is 0 Å². The number of nitrogens with one attached hydrogen (secondary N) is 1. The fourth-order valence-corrected chi connectivity index (χ4v) is 1.02. The van der Waals surface area contributed by atoms with Gasteiger partial charge in [0.1, 0.15) is 0 Å². The Morgan fingerprint density at radius 3 is 2.87 bits per heavy atom. The van der Waals surface area contributed by atoms with Crippen molar-refractivity contribution in [3.05, 3.63) is 29.8 Å². The molecule has 1 N–H and O–H groups in total. The molecule has 1 amide bonds. The van der Waals surface area contributed by atoms with Crippen LogP contribution in [0, 0.1) is 11.9 Å². The van der Waals surface area contributed by atoms with E-state index in [0.717, 1.165) is 6.42 Å². The Bertz CT molecular complexity index is 324. The van der Waals surface area contributed by atoms with E-state index in [1.807, 2.05) is 0 Å². The van der Waals surface area contributed by atoms with Gasteiger partial charge in [0.05, 0.1) is 5.56 Å². The van der Waals surface area contributed by atoms with Crippen LogP contribution in [-0.4, -0.2) is 17.4 Å². The second-order valence-electron chi connectivity index (χ2n) is 3.59. The molecule has 1 heterocycles. The van der Waals surface area contributed by atoms with Gasteiger partial charge >= 0.3 is 0 Å². The molecular weight excluding hydrogens is 195 g/mol. The van der Waals surface area contributed by atoms with Crippen molar-refractivity contribution in [2.75, 3.05) is 6.54 Å². The topological polar surface area (TPSA) is 42.0 Å². The number of carbonyl (C=O) groups excluding carboxylic acids is 1. The summed E-state index contributed by atoms with van der Waals surface area (Å²) < 4.78 is 12.5. The van der Waals surface area contributed by atoms with Gasteiger partial charge in [0.25, 0.3) is 5.91 Å². The van der Waals surface area contributed by atoms with Crippen molar-refractivity contribution in [3.63, 3.8) is 0 Å². The number of hydrogen-bond donors (Lipinski definition) is 1. The molecule has 0 fully saturated rings. The number of halogens is 1. The van der Waals surface area contributed by atoms with Crippen LogP contribution in [0.1, 0.15) is 30.6 Å². The molecule has 0 spiro atoms. The fraction of sp³-hybridized carbons (Fsp3) is 0.455. The van der Waals surface area contributed by atoms with Crippen LogP contribution < -0.4 is 5.32 Å². The molecule has 1 rings (SSSR count). The summed E-state index contributed by atoms with van der Waals surface area (Å²) in [6.07, 6.45) is 2.25. The van der Waals surface area contributed by atoms with Crippen molar-refractivity contribution in [2.45, 2.75) is 20.3 Å². The van der Waals surface area contributed by atoms with Gasteiger partial charge in [-0.05, 0) is 18.1 Å². The third kappa shape index (κ3) is 3.65. The minimum Gasteiger partial charge on any atom is -0.352 e. The first-order chi connectivity index (χ1) is 7.13. The van der Waals surface area contributed by atoms with Crippen molar-refractivity contribution in [1.29, 1.82) is 0 Å². The minimum absolute atomic E-state index is 0.206. The zero-order valence-corrected chi connectivity index (χ0v) is 8.96. The predicted molar refractivity (Wildman–Crippen MR) is 56.0 cm³/mol. The summed E-state index contributed by atoms with van der Waals surface area (Å²) in [4.78, 5) is 14.9. The third-order valence-electron chi connectivity index (χ3n) is 2.30. The quantitative estimate of drug-likeness (QED) is 0.772. The maximum absolute atomic E-state index is 12.5. The molecule has 1 atom stereocenters. The number of hydrogen-bond acceptors (Lipinski definition) is 2. The van der Waals surface area contributed by atoms with Crippen LogP contribution in [0.25, 0.3) is 0 Å². The smallest absolute Gasteiger partial charge is 0.252 e. The van der Waals surface area contributed by atoms with Gasteiger partial charge in [-0.25, -0.2) is 4.98 Å². The fourth-order valence-electron chi connectivity index (χ4n) is 1.02. The van der Waals surface area contributed by atoms with Gasteiger partial charge in [-0.15, -0.1) is 0 Å². The molecule has 0 aromatic carbocycles. The molecule has 1 unspecified atom stereocenters. The molecule has 0 radical (unpaired) electrons. The second-order valence-corrected chi connectivity index (χ2v) is 3.59. The highest BCUT2D eigenvalue weighted by molar-refractivity contribution is 5.93. The van der Waals surface area contributed by atoms with Crippen molar-refractivity contribution in [3.8, 4) is 0 Å². The van der Waals surface area contributed by atoms with E-state index in [1.54, 1.807) is 0 Å². The highest BCUT2D eigenvalue weighted by Crippen LogP contribution is 2.01. The molecule has 0 aliphatic rings. The average molecular weight is 210 g/mol. The van der Waals surface area contributed by atoms with E-state index in [0.29, 0.717) is 18.0 Å². The van der Waals surface area contributed by atoms with Crippen LogP contribution in [0.15, 0.2) is 18.3 Å². The van der Waals surface area contributed by atoms with Gasteiger partial charge in [0.15, 0.2) is 0 Å². The third-order valence-corrected chi connectivity index (χ3v) is 2.30. The molecule has 0 bridgehead atoms. The molecular formula is C11H15FN2O. The molecule has 15 heavy (non-hydrogen) atoms. The summed E-state index contributed by atoms with van der Waals surface area (Å²) in [7, 11) is 0. The number of pyridine rings is 1. The molecule has 1 aromatic rings. The van der Waals surface area contributed by atoms with Crippen molar-refractivity contribution >= 4 is 5.91 Å². The summed E-state index contributed by atoms with van der Waals surface area (Å²) in [5.74, 6) is -0.335. The second kappa shape index (κ2) is 5.44. The van der Waals surface area contributed by atoms with E-state index >= 15 is 0 Å². The van der Waals surface area contributed by atoms with E-state index in [2.05, 4.69) is 24.1 Å². The number of nitrogens with zero attached hydrogens (tertiary/aromatic N) is 1. The number of aromatic nitrogens is 1. The lowest BCUT2D eigenvalue weighted by Gasteiger charge is -2.09. The predicted octanol–water partition coefficient (Wildman–Crippen LogP) is 2.00. The van der Waals surface area contributed by atoms with Gasteiger partial charge in [-0.2, -0.15) is 4.39 Å². The Balaban J connectivity index is 2.50. The largest absolute Gasteiger partial charge is 0.352 e. The first kappa shape index (κ1) is 11.6. The van der Waals surface area contributed by atoms with Gasteiger partial charge in [-0.3, -0.25) is 4.79 Å². The van der Waals surface area contributed by atoms with E-state index in [9.17, 15) is 9.18 Å². The molecule has 0 aliphatic heterocycles. The number of amides is 1. The van der Waals surface area contributed by atoms with Crippen LogP contribution in [0.2, 0.25) is 0 Å². The first-order valence-electron chi connectivity index (χ1n) is 5.03. The summed E-state index contributed by atoms with van der Waals surface area (Å²) in [5.41, 5.74) is 0.389. The maximum atomic E-state index is 12.5. The Morgan fingerprint density at radius 1 is 1.60 bits per heavy atom. The van der Waals surface area contributed by atoms with Crippen LogP contribution in [-0.2, 0) is 0 Å². The molecule has 3 nitrogen and oxygen atoms in total. The Hall–Kier alpha value is -1.45. The molecule has 0 saturated heterocycles. The van der Waals surface area contributed by atoms with Gasteiger partial charge in [0.2, 0.25) is 5.95 Å². The number of carbonyl (C=O) groups is 1. The molecule has 0 saturated carbocycles. The Labute approximate surface area is 88.7 Å². The molecule has 1 aromatic heterocycles.